The molecule has 1 aliphatic rings. The Hall–Kier alpha value is -4.37. The lowest BCUT2D eigenvalue weighted by Crippen LogP contribution is -2.55. The second kappa shape index (κ2) is 17.2. The van der Waals surface area contributed by atoms with E-state index in [1.54, 1.807) is 45.0 Å². The van der Waals surface area contributed by atoms with Crippen LogP contribution in [0.3, 0.4) is 0 Å². The molecule has 51 heavy (non-hydrogen) atoms. The summed E-state index contributed by atoms with van der Waals surface area (Å²) in [6.07, 6.45) is -4.71. The van der Waals surface area contributed by atoms with Gasteiger partial charge in [0.05, 0.1) is 30.8 Å². The number of aryl methyl sites for hydroxylation is 2. The largest absolute Gasteiger partial charge is 0.493 e. The van der Waals surface area contributed by atoms with Crippen LogP contribution in [-0.4, -0.2) is 83.1 Å². The molecular formula is C36H46N4O10S. The smallest absolute Gasteiger partial charge is 0.424 e. The number of rotatable bonds is 15. The van der Waals surface area contributed by atoms with Crippen LogP contribution < -0.4 is 9.47 Å². The third-order valence-electron chi connectivity index (χ3n) is 8.05. The Balaban J connectivity index is 1.96. The zero-order valence-electron chi connectivity index (χ0n) is 30.1. The summed E-state index contributed by atoms with van der Waals surface area (Å²) < 4.78 is 70.9. The van der Waals surface area contributed by atoms with E-state index >= 15 is 0 Å². The van der Waals surface area contributed by atoms with Crippen LogP contribution in [0.25, 0.3) is 10.4 Å². The van der Waals surface area contributed by atoms with E-state index in [1.807, 2.05) is 44.2 Å². The molecule has 0 spiro atoms. The Labute approximate surface area is 299 Å². The highest BCUT2D eigenvalue weighted by atomic mass is 32.2. The summed E-state index contributed by atoms with van der Waals surface area (Å²) in [5, 5.41) is 3.96. The highest BCUT2D eigenvalue weighted by Gasteiger charge is 2.53. The van der Waals surface area contributed by atoms with Gasteiger partial charge in [-0.2, -0.15) is 4.31 Å². The Morgan fingerprint density at radius 1 is 1.02 bits per heavy atom. The molecule has 0 aliphatic carbocycles. The van der Waals surface area contributed by atoms with Crippen molar-refractivity contribution in [1.82, 2.24) is 4.31 Å². The molecule has 1 fully saturated rings. The molecule has 1 aliphatic heterocycles. The van der Waals surface area contributed by atoms with Crippen molar-refractivity contribution < 1.29 is 46.4 Å². The lowest BCUT2D eigenvalue weighted by atomic mass is 9.95. The third kappa shape index (κ3) is 9.70. The highest BCUT2D eigenvalue weighted by Crippen LogP contribution is 2.38. The van der Waals surface area contributed by atoms with Gasteiger partial charge in [-0.1, -0.05) is 59.2 Å². The van der Waals surface area contributed by atoms with Crippen LogP contribution in [0.2, 0.25) is 0 Å². The van der Waals surface area contributed by atoms with E-state index in [1.165, 1.54) is 33.5 Å². The molecule has 15 heteroatoms. The molecule has 3 aromatic carbocycles. The zero-order chi connectivity index (χ0) is 37.3. The number of carbonyl (C=O) groups excluding carboxylic acids is 1. The molecule has 0 unspecified atom stereocenters. The molecule has 14 nitrogen and oxygen atoms in total. The van der Waals surface area contributed by atoms with Crippen molar-refractivity contribution in [1.29, 1.82) is 0 Å². The number of hydrogen-bond acceptors (Lipinski definition) is 11. The van der Waals surface area contributed by atoms with Crippen LogP contribution in [0, 0.1) is 13.8 Å². The van der Waals surface area contributed by atoms with Crippen molar-refractivity contribution in [3.63, 3.8) is 0 Å². The third-order valence-corrected chi connectivity index (χ3v) is 9.85. The van der Waals surface area contributed by atoms with Gasteiger partial charge < -0.3 is 33.2 Å². The van der Waals surface area contributed by atoms with Crippen molar-refractivity contribution in [3.05, 3.63) is 99.4 Å². The summed E-state index contributed by atoms with van der Waals surface area (Å²) in [6, 6.07) is 16.5. The second-order valence-electron chi connectivity index (χ2n) is 13.0. The average Bonchev–Trinajstić information content (AvgIpc) is 3.42. The summed E-state index contributed by atoms with van der Waals surface area (Å²) >= 11 is 0. The monoisotopic (exact) mass is 726 g/mol. The van der Waals surface area contributed by atoms with Gasteiger partial charge in [0.2, 0.25) is 0 Å². The molecule has 5 atom stereocenters. The number of carbonyl (C=O) groups is 1. The van der Waals surface area contributed by atoms with Crippen LogP contribution >= 0.6 is 0 Å². The van der Waals surface area contributed by atoms with Gasteiger partial charge in [0.15, 0.2) is 24.6 Å². The second-order valence-corrected chi connectivity index (χ2v) is 14.8. The molecule has 1 amide bonds. The number of nitrogens with zero attached hydrogens (tertiary/aromatic N) is 4. The van der Waals surface area contributed by atoms with Crippen molar-refractivity contribution in [2.75, 3.05) is 28.1 Å². The maximum atomic E-state index is 14.7. The quantitative estimate of drug-likeness (QED) is 0.0733. The van der Waals surface area contributed by atoms with Gasteiger partial charge in [0.25, 0.3) is 10.0 Å². The Bertz CT molecular complexity index is 1780. The number of ether oxygens (including phenoxy) is 7. The van der Waals surface area contributed by atoms with Crippen molar-refractivity contribution >= 4 is 16.1 Å². The minimum Gasteiger partial charge on any atom is -0.493 e. The topological polar surface area (TPSA) is 168 Å². The maximum Gasteiger partial charge on any atom is 0.424 e. The fourth-order valence-electron chi connectivity index (χ4n) is 5.85. The van der Waals surface area contributed by atoms with Gasteiger partial charge in [-0.3, -0.25) is 0 Å². The van der Waals surface area contributed by atoms with E-state index in [0.717, 1.165) is 11.1 Å². The van der Waals surface area contributed by atoms with Crippen LogP contribution in [0.15, 0.2) is 76.7 Å². The molecule has 0 saturated carbocycles. The summed E-state index contributed by atoms with van der Waals surface area (Å²) in [5.41, 5.74) is 11.4. The first kappa shape index (κ1) is 39.4. The van der Waals surface area contributed by atoms with Crippen LogP contribution in [-0.2, 0) is 46.7 Å². The highest BCUT2D eigenvalue weighted by molar-refractivity contribution is 7.89. The molecule has 4 rings (SSSR count). The van der Waals surface area contributed by atoms with Crippen LogP contribution in [0.1, 0.15) is 43.0 Å². The number of benzene rings is 3. The lowest BCUT2D eigenvalue weighted by molar-refractivity contribution is -0.135. The summed E-state index contributed by atoms with van der Waals surface area (Å²) in [5.74, 6) is 0.789. The summed E-state index contributed by atoms with van der Waals surface area (Å²) in [4.78, 5) is 17.2. The van der Waals surface area contributed by atoms with Gasteiger partial charge in [-0.25, -0.2) is 13.2 Å². The van der Waals surface area contributed by atoms with Gasteiger partial charge in [0, 0.05) is 19.1 Å². The van der Waals surface area contributed by atoms with Crippen molar-refractivity contribution in [2.24, 2.45) is 5.11 Å². The van der Waals surface area contributed by atoms with Crippen LogP contribution in [0.5, 0.6) is 11.5 Å². The molecule has 276 valence electrons. The molecule has 3 aromatic rings. The van der Waals surface area contributed by atoms with Gasteiger partial charge >= 0.3 is 6.09 Å². The first-order chi connectivity index (χ1) is 24.2. The first-order valence-electron chi connectivity index (χ1n) is 16.2. The van der Waals surface area contributed by atoms with Gasteiger partial charge in [0.1, 0.15) is 17.7 Å². The molecule has 0 radical (unpaired) electrons. The fourth-order valence-corrected chi connectivity index (χ4v) is 7.34. The Morgan fingerprint density at radius 3 is 2.29 bits per heavy atom. The van der Waals surface area contributed by atoms with Gasteiger partial charge in [-0.05, 0) is 81.5 Å². The van der Waals surface area contributed by atoms with Gasteiger partial charge in [-0.15, -0.1) is 0 Å². The molecule has 0 aromatic heterocycles. The molecule has 0 N–H and O–H groups in total. The summed E-state index contributed by atoms with van der Waals surface area (Å²) in [6.45, 7) is 8.51. The standard InChI is InChI=1S/C36H46N4O10S/c1-23-14-16-27(17-15-23)51(42,43)40(35(41)50-36(3,4)5)28(19-26-18-24(2)31(45-7)29(20-26)48-22-44-6)32-33(30(38-39-37)34(46-8)49-32)47-21-25-12-10-9-11-13-25/h9-18,20,28,30,32-34H,19,21-22H2,1-8H3/t28-,30-,32+,33+,34-/m0/s1. The van der Waals surface area contributed by atoms with E-state index in [4.69, 9.17) is 33.2 Å². The van der Waals surface area contributed by atoms with Crippen molar-refractivity contribution in [3.8, 4) is 11.5 Å². The predicted molar refractivity (Wildman–Crippen MR) is 188 cm³/mol. The van der Waals surface area contributed by atoms with Crippen LogP contribution in [0.4, 0.5) is 4.79 Å². The SMILES string of the molecule is COCOc1cc(C[C@@H]([C@H]2O[C@H](OC)[C@@H](N=[N+]=[N-])[C@H]2OCc2ccccc2)N(C(=O)OC(C)(C)C)S(=O)(=O)c2ccc(C)cc2)cc(C)c1OC. The lowest BCUT2D eigenvalue weighted by Gasteiger charge is -2.37. The molecule has 1 saturated heterocycles. The van der Waals surface area contributed by atoms with E-state index in [9.17, 15) is 18.7 Å². The fraction of sp³-hybridized carbons (Fsp3) is 0.472. The minimum atomic E-state index is -4.63. The number of azide groups is 1. The molecule has 0 bridgehead atoms. The maximum absolute atomic E-state index is 14.7. The summed E-state index contributed by atoms with van der Waals surface area (Å²) in [7, 11) is -0.279. The van der Waals surface area contributed by atoms with E-state index in [0.29, 0.717) is 26.9 Å². The first-order valence-corrected chi connectivity index (χ1v) is 17.7. The van der Waals surface area contributed by atoms with Crippen molar-refractivity contribution in [2.45, 2.75) is 88.7 Å². The molecular weight excluding hydrogens is 680 g/mol. The van der Waals surface area contributed by atoms with E-state index in [-0.39, 0.29) is 24.7 Å². The minimum absolute atomic E-state index is 0.0553. The number of amides is 1. The van der Waals surface area contributed by atoms with E-state index in [2.05, 4.69) is 10.0 Å². The zero-order valence-corrected chi connectivity index (χ0v) is 31.0. The number of methoxy groups -OCH3 is 3. The van der Waals surface area contributed by atoms with E-state index < -0.39 is 52.3 Å². The Kier molecular flexibility index (Phi) is 13.3. The molecule has 1 heterocycles. The Morgan fingerprint density at radius 2 is 1.71 bits per heavy atom. The predicted octanol–water partition coefficient (Wildman–Crippen LogP) is 6.47. The normalized spacial score (nSPS) is 19.5. The number of sulfonamides is 1. The average molecular weight is 727 g/mol. The number of hydrogen-bond donors (Lipinski definition) is 0.